The van der Waals surface area contributed by atoms with E-state index in [9.17, 15) is 4.79 Å². The summed E-state index contributed by atoms with van der Waals surface area (Å²) < 4.78 is 4.88. The van der Waals surface area contributed by atoms with Gasteiger partial charge in [-0.15, -0.1) is 5.73 Å². The average molecular weight is 198 g/mol. The third kappa shape index (κ3) is 7.56. The van der Waals surface area contributed by atoms with Crippen LogP contribution in [0.25, 0.3) is 0 Å². The van der Waals surface area contributed by atoms with Crippen LogP contribution in [0.5, 0.6) is 0 Å². The molecule has 0 spiro atoms. The van der Waals surface area contributed by atoms with Crippen molar-refractivity contribution >= 4 is 14.0 Å². The molecule has 2 nitrogen and oxygen atoms in total. The van der Waals surface area contributed by atoms with Crippen molar-refractivity contribution in [2.24, 2.45) is 0 Å². The molecule has 0 aliphatic heterocycles. The molecule has 13 heavy (non-hydrogen) atoms. The highest BCUT2D eigenvalue weighted by Gasteiger charge is 2.15. The van der Waals surface area contributed by atoms with Gasteiger partial charge >= 0.3 is 5.97 Å². The van der Waals surface area contributed by atoms with Crippen molar-refractivity contribution in [2.75, 3.05) is 6.61 Å². The number of esters is 1. The molecular weight excluding hydrogens is 180 g/mol. The van der Waals surface area contributed by atoms with E-state index < -0.39 is 8.07 Å². The van der Waals surface area contributed by atoms with Gasteiger partial charge in [0.2, 0.25) is 0 Å². The molecule has 0 aliphatic rings. The lowest BCUT2D eigenvalue weighted by Gasteiger charge is -2.16. The lowest BCUT2D eigenvalue weighted by atomic mass is 10.3. The van der Waals surface area contributed by atoms with E-state index in [0.717, 1.165) is 11.6 Å². The van der Waals surface area contributed by atoms with Gasteiger partial charge in [0, 0.05) is 20.6 Å². The Morgan fingerprint density at radius 1 is 1.46 bits per heavy atom. The summed E-state index contributed by atoms with van der Waals surface area (Å²) >= 11 is 0. The molecule has 0 amide bonds. The fourth-order valence-corrected chi connectivity index (χ4v) is 2.50. The summed E-state index contributed by atoms with van der Waals surface area (Å²) in [6, 6.07) is 0.990. The molecule has 0 radical (unpaired) electrons. The first kappa shape index (κ1) is 12.2. The first-order valence-electron chi connectivity index (χ1n) is 4.36. The normalized spacial score (nSPS) is 10.5. The van der Waals surface area contributed by atoms with Gasteiger partial charge in [0.1, 0.15) is 6.61 Å². The van der Waals surface area contributed by atoms with Gasteiger partial charge < -0.3 is 4.74 Å². The fourth-order valence-electron chi connectivity index (χ4n) is 0.993. The Kier molecular flexibility index (Phi) is 4.74. The molecule has 0 aromatic heterocycles. The topological polar surface area (TPSA) is 26.3 Å². The van der Waals surface area contributed by atoms with Crippen LogP contribution in [0.15, 0.2) is 17.9 Å². The number of carbonyl (C=O) groups is 1. The largest absolute Gasteiger partial charge is 0.461 e. The Morgan fingerprint density at radius 3 is 2.31 bits per heavy atom. The Hall–Kier alpha value is -0.793. The van der Waals surface area contributed by atoms with Crippen molar-refractivity contribution in [1.29, 1.82) is 0 Å². The van der Waals surface area contributed by atoms with Crippen molar-refractivity contribution < 1.29 is 9.53 Å². The van der Waals surface area contributed by atoms with Crippen LogP contribution in [0.1, 0.15) is 6.92 Å². The molecule has 0 bridgehead atoms. The Labute approximate surface area is 81.3 Å². The maximum absolute atomic E-state index is 10.6. The van der Waals surface area contributed by atoms with Crippen molar-refractivity contribution in [3.8, 4) is 0 Å². The average Bonchev–Trinajstić information content (AvgIpc) is 1.95. The fraction of sp³-hybridized carbons (Fsp3) is 0.600. The number of carbonyl (C=O) groups excluding carboxylic acids is 1. The van der Waals surface area contributed by atoms with Gasteiger partial charge in [-0.3, -0.25) is 4.79 Å². The van der Waals surface area contributed by atoms with E-state index in [1.165, 1.54) is 6.92 Å². The lowest BCUT2D eigenvalue weighted by molar-refractivity contribution is -0.139. The molecule has 0 heterocycles. The molecular formula is C10H18O2Si. The predicted molar refractivity (Wildman–Crippen MR) is 57.4 cm³/mol. The van der Waals surface area contributed by atoms with Crippen molar-refractivity contribution in [2.45, 2.75) is 32.6 Å². The predicted octanol–water partition coefficient (Wildman–Crippen LogP) is 2.60. The number of hydrogen-bond donors (Lipinski definition) is 0. The molecule has 0 saturated heterocycles. The number of ether oxygens (including phenoxy) is 1. The van der Waals surface area contributed by atoms with E-state index in [1.807, 2.05) is 0 Å². The molecule has 0 atom stereocenters. The molecule has 0 N–H and O–H groups in total. The van der Waals surface area contributed by atoms with Gasteiger partial charge in [0.05, 0.1) is 0 Å². The molecule has 3 heteroatoms. The SMILES string of the molecule is C=C=C(COC(C)=O)C[Si](C)(C)C. The smallest absolute Gasteiger partial charge is 0.302 e. The monoisotopic (exact) mass is 198 g/mol. The van der Waals surface area contributed by atoms with Gasteiger partial charge in [0.25, 0.3) is 0 Å². The number of hydrogen-bond acceptors (Lipinski definition) is 2. The van der Waals surface area contributed by atoms with E-state index in [-0.39, 0.29) is 5.97 Å². The van der Waals surface area contributed by atoms with Gasteiger partial charge in [-0.1, -0.05) is 26.2 Å². The summed E-state index contributed by atoms with van der Waals surface area (Å²) in [4.78, 5) is 10.6. The molecule has 0 aliphatic carbocycles. The molecule has 0 rings (SSSR count). The lowest BCUT2D eigenvalue weighted by Crippen LogP contribution is -2.21. The summed E-state index contributed by atoms with van der Waals surface area (Å²) in [6.45, 7) is 12.1. The van der Waals surface area contributed by atoms with E-state index in [4.69, 9.17) is 4.74 Å². The Bertz CT molecular complexity index is 232. The van der Waals surface area contributed by atoms with Crippen molar-refractivity contribution in [3.05, 3.63) is 17.9 Å². The molecule has 74 valence electrons. The van der Waals surface area contributed by atoms with E-state index in [1.54, 1.807) is 0 Å². The third-order valence-electron chi connectivity index (χ3n) is 1.44. The van der Waals surface area contributed by atoms with E-state index in [0.29, 0.717) is 6.61 Å². The zero-order chi connectivity index (χ0) is 10.5. The maximum Gasteiger partial charge on any atom is 0.302 e. The summed E-state index contributed by atoms with van der Waals surface area (Å²) in [5.41, 5.74) is 3.85. The molecule has 0 aromatic carbocycles. The highest BCUT2D eigenvalue weighted by molar-refractivity contribution is 6.76. The van der Waals surface area contributed by atoms with Crippen molar-refractivity contribution in [1.82, 2.24) is 0 Å². The Balaban J connectivity index is 4.08. The van der Waals surface area contributed by atoms with Crippen LogP contribution in [-0.2, 0) is 9.53 Å². The van der Waals surface area contributed by atoms with E-state index >= 15 is 0 Å². The molecule has 0 aromatic rings. The standard InChI is InChI=1S/C10H18O2Si/c1-6-10(7-12-9(2)11)8-13(3,4)5/h1,7-8H2,2-5H3. The van der Waals surface area contributed by atoms with Crippen LogP contribution in [0.3, 0.4) is 0 Å². The van der Waals surface area contributed by atoms with Crippen LogP contribution in [0.2, 0.25) is 25.7 Å². The second kappa shape index (κ2) is 5.05. The van der Waals surface area contributed by atoms with Gasteiger partial charge in [-0.25, -0.2) is 0 Å². The van der Waals surface area contributed by atoms with Crippen LogP contribution in [-0.4, -0.2) is 20.7 Å². The first-order chi connectivity index (χ1) is 5.85. The zero-order valence-corrected chi connectivity index (χ0v) is 9.94. The van der Waals surface area contributed by atoms with E-state index in [2.05, 4.69) is 32.0 Å². The number of rotatable bonds is 4. The minimum Gasteiger partial charge on any atom is -0.461 e. The van der Waals surface area contributed by atoms with Crippen LogP contribution >= 0.6 is 0 Å². The second-order valence-electron chi connectivity index (χ2n) is 4.30. The molecule has 0 unspecified atom stereocenters. The third-order valence-corrected chi connectivity index (χ3v) is 2.93. The Morgan fingerprint density at radius 2 is 2.00 bits per heavy atom. The highest BCUT2D eigenvalue weighted by atomic mass is 28.3. The van der Waals surface area contributed by atoms with Crippen LogP contribution in [0, 0.1) is 0 Å². The minimum atomic E-state index is -1.14. The van der Waals surface area contributed by atoms with Gasteiger partial charge in [-0.2, -0.15) is 0 Å². The first-order valence-corrected chi connectivity index (χ1v) is 8.07. The second-order valence-corrected chi connectivity index (χ2v) is 9.77. The van der Waals surface area contributed by atoms with Gasteiger partial charge in [-0.05, 0) is 6.04 Å². The van der Waals surface area contributed by atoms with Gasteiger partial charge in [0.15, 0.2) is 0 Å². The zero-order valence-electron chi connectivity index (χ0n) is 8.94. The summed E-state index contributed by atoms with van der Waals surface area (Å²) in [5.74, 6) is -0.247. The summed E-state index contributed by atoms with van der Waals surface area (Å²) in [7, 11) is -1.14. The molecule has 0 fully saturated rings. The highest BCUT2D eigenvalue weighted by Crippen LogP contribution is 2.15. The van der Waals surface area contributed by atoms with Crippen LogP contribution < -0.4 is 0 Å². The van der Waals surface area contributed by atoms with Crippen LogP contribution in [0.4, 0.5) is 0 Å². The summed E-state index contributed by atoms with van der Waals surface area (Å²) in [6.07, 6.45) is 0. The quantitative estimate of drug-likeness (QED) is 0.394. The maximum atomic E-state index is 10.6. The molecule has 0 saturated carbocycles. The minimum absolute atomic E-state index is 0.247. The van der Waals surface area contributed by atoms with Crippen molar-refractivity contribution in [3.63, 3.8) is 0 Å². The summed E-state index contributed by atoms with van der Waals surface area (Å²) in [5, 5.41) is 0.